The molecule has 0 unspecified atom stereocenters. The number of halogens is 6. The monoisotopic (exact) mass is 434 g/mol. The van der Waals surface area contributed by atoms with Gasteiger partial charge in [0, 0.05) is 24.8 Å². The van der Waals surface area contributed by atoms with E-state index in [0.29, 0.717) is 5.82 Å². The van der Waals surface area contributed by atoms with Crippen LogP contribution >= 0.6 is 0 Å². The molecule has 1 aliphatic heterocycles. The summed E-state index contributed by atoms with van der Waals surface area (Å²) in [4.78, 5) is 5.57. The molecule has 3 rings (SSSR count). The van der Waals surface area contributed by atoms with Crippen LogP contribution in [0.15, 0.2) is 36.5 Å². The van der Waals surface area contributed by atoms with E-state index >= 15 is 0 Å². The predicted molar refractivity (Wildman–Crippen MR) is 97.2 cm³/mol. The minimum Gasteiger partial charge on any atom is -0.493 e. The number of aliphatic hydroxyl groups is 1. The van der Waals surface area contributed by atoms with Crippen molar-refractivity contribution in [1.82, 2.24) is 4.98 Å². The summed E-state index contributed by atoms with van der Waals surface area (Å²) >= 11 is 0. The van der Waals surface area contributed by atoms with Crippen LogP contribution in [-0.2, 0) is 18.0 Å². The number of nitrogens with zero attached hydrogens (tertiary/aromatic N) is 2. The van der Waals surface area contributed by atoms with E-state index in [4.69, 9.17) is 4.74 Å². The van der Waals surface area contributed by atoms with Crippen molar-refractivity contribution >= 4 is 5.82 Å². The highest BCUT2D eigenvalue weighted by Gasteiger charge is 2.39. The molecule has 0 radical (unpaired) electrons. The van der Waals surface area contributed by atoms with Gasteiger partial charge in [-0.3, -0.25) is 0 Å². The summed E-state index contributed by atoms with van der Waals surface area (Å²) < 4.78 is 82.5. The van der Waals surface area contributed by atoms with E-state index in [1.165, 1.54) is 12.1 Å². The molecule has 1 aliphatic rings. The fraction of sp³-hybridized carbons (Fsp3) is 0.450. The largest absolute Gasteiger partial charge is 0.493 e. The molecule has 1 saturated heterocycles. The molecule has 164 valence electrons. The van der Waals surface area contributed by atoms with Crippen LogP contribution in [0.25, 0.3) is 0 Å². The highest BCUT2D eigenvalue weighted by molar-refractivity contribution is 5.45. The molecule has 1 aromatic heterocycles. The number of anilines is 1. The summed E-state index contributed by atoms with van der Waals surface area (Å²) in [6, 6.07) is 5.20. The number of hydrogen-bond donors (Lipinski definition) is 1. The van der Waals surface area contributed by atoms with Gasteiger partial charge in [-0.25, -0.2) is 4.98 Å². The standard InChI is InChI=1S/C20H20F6N2O2/c1-2-30-16-11-13(19(21,22)23)3-5-15(16)18(29)7-9-28(10-8-18)17-6-4-14(12-27-17)20(24,25)26/h3-6,11-12,29H,2,7-10H2,1H3. The van der Waals surface area contributed by atoms with Gasteiger partial charge in [0.2, 0.25) is 0 Å². The summed E-state index contributed by atoms with van der Waals surface area (Å²) in [6.45, 7) is 2.29. The van der Waals surface area contributed by atoms with Gasteiger partial charge in [0.25, 0.3) is 0 Å². The first-order chi connectivity index (χ1) is 13.9. The molecule has 0 bridgehead atoms. The fourth-order valence-electron chi connectivity index (χ4n) is 3.47. The van der Waals surface area contributed by atoms with Gasteiger partial charge in [0.1, 0.15) is 11.6 Å². The van der Waals surface area contributed by atoms with E-state index in [1.54, 1.807) is 11.8 Å². The Hall–Kier alpha value is -2.49. The second-order valence-electron chi connectivity index (χ2n) is 7.06. The van der Waals surface area contributed by atoms with Crippen molar-refractivity contribution < 1.29 is 36.2 Å². The molecule has 1 aromatic carbocycles. The molecule has 2 aromatic rings. The van der Waals surface area contributed by atoms with E-state index in [-0.39, 0.29) is 43.9 Å². The second-order valence-corrected chi connectivity index (χ2v) is 7.06. The zero-order chi connectivity index (χ0) is 22.2. The van der Waals surface area contributed by atoms with Crippen LogP contribution in [0.4, 0.5) is 32.2 Å². The lowest BCUT2D eigenvalue weighted by atomic mass is 9.83. The zero-order valence-electron chi connectivity index (χ0n) is 16.0. The topological polar surface area (TPSA) is 45.6 Å². The van der Waals surface area contributed by atoms with Crippen LogP contribution in [-0.4, -0.2) is 29.8 Å². The molecule has 30 heavy (non-hydrogen) atoms. The van der Waals surface area contributed by atoms with E-state index in [9.17, 15) is 31.4 Å². The van der Waals surface area contributed by atoms with Crippen molar-refractivity contribution in [3.63, 3.8) is 0 Å². The average molecular weight is 434 g/mol. The molecule has 4 nitrogen and oxygen atoms in total. The molecular weight excluding hydrogens is 414 g/mol. The molecule has 0 amide bonds. The van der Waals surface area contributed by atoms with Crippen LogP contribution in [0, 0.1) is 0 Å². The Morgan fingerprint density at radius 1 is 1.00 bits per heavy atom. The van der Waals surface area contributed by atoms with Gasteiger partial charge in [0.05, 0.1) is 23.3 Å². The van der Waals surface area contributed by atoms with Crippen LogP contribution in [0.2, 0.25) is 0 Å². The summed E-state index contributed by atoms with van der Waals surface area (Å²) in [7, 11) is 0. The highest BCUT2D eigenvalue weighted by atomic mass is 19.4. The number of rotatable bonds is 4. The Balaban J connectivity index is 1.79. The van der Waals surface area contributed by atoms with E-state index in [0.717, 1.165) is 24.4 Å². The van der Waals surface area contributed by atoms with Gasteiger partial charge in [0.15, 0.2) is 0 Å². The molecule has 2 heterocycles. The molecular formula is C20H20F6N2O2. The maximum absolute atomic E-state index is 13.0. The molecule has 0 saturated carbocycles. The minimum absolute atomic E-state index is 0.0315. The summed E-state index contributed by atoms with van der Waals surface area (Å²) in [6.07, 6.45) is -7.96. The Bertz CT molecular complexity index is 872. The van der Waals surface area contributed by atoms with E-state index < -0.39 is 29.1 Å². The van der Waals surface area contributed by atoms with E-state index in [2.05, 4.69) is 4.98 Å². The van der Waals surface area contributed by atoms with Crippen molar-refractivity contribution in [3.05, 3.63) is 53.2 Å². The first-order valence-electron chi connectivity index (χ1n) is 9.29. The molecule has 0 atom stereocenters. The van der Waals surface area contributed by atoms with Gasteiger partial charge in [-0.15, -0.1) is 0 Å². The van der Waals surface area contributed by atoms with Crippen LogP contribution in [0.5, 0.6) is 5.75 Å². The minimum atomic E-state index is -4.54. The maximum Gasteiger partial charge on any atom is 0.417 e. The molecule has 1 fully saturated rings. The number of pyridine rings is 1. The molecule has 0 spiro atoms. The van der Waals surface area contributed by atoms with Crippen molar-refractivity contribution in [2.45, 2.75) is 37.7 Å². The van der Waals surface area contributed by atoms with Gasteiger partial charge in [-0.2, -0.15) is 26.3 Å². The van der Waals surface area contributed by atoms with E-state index in [1.807, 2.05) is 0 Å². The zero-order valence-corrected chi connectivity index (χ0v) is 16.0. The number of ether oxygens (including phenoxy) is 1. The second kappa shape index (κ2) is 7.98. The fourth-order valence-corrected chi connectivity index (χ4v) is 3.47. The average Bonchev–Trinajstić information content (AvgIpc) is 2.67. The van der Waals surface area contributed by atoms with Gasteiger partial charge >= 0.3 is 12.4 Å². The van der Waals surface area contributed by atoms with Crippen LogP contribution in [0.3, 0.4) is 0 Å². The Labute approximate surface area is 169 Å². The third-order valence-corrected chi connectivity index (χ3v) is 5.10. The van der Waals surface area contributed by atoms with Gasteiger partial charge < -0.3 is 14.7 Å². The number of hydrogen-bond acceptors (Lipinski definition) is 4. The lowest BCUT2D eigenvalue weighted by Gasteiger charge is -2.39. The molecule has 0 aliphatic carbocycles. The SMILES string of the molecule is CCOc1cc(C(F)(F)F)ccc1C1(O)CCN(c2ccc(C(F)(F)F)cn2)CC1. The van der Waals surface area contributed by atoms with Crippen molar-refractivity contribution in [2.24, 2.45) is 0 Å². The Kier molecular flexibility index (Phi) is 5.90. The summed E-state index contributed by atoms with van der Waals surface area (Å²) in [5.41, 5.74) is -2.88. The lowest BCUT2D eigenvalue weighted by Crippen LogP contribution is -2.43. The van der Waals surface area contributed by atoms with Crippen molar-refractivity contribution in [3.8, 4) is 5.75 Å². The highest BCUT2D eigenvalue weighted by Crippen LogP contribution is 2.42. The Morgan fingerprint density at radius 2 is 1.60 bits per heavy atom. The van der Waals surface area contributed by atoms with Gasteiger partial charge in [-0.05, 0) is 44.0 Å². The number of aromatic nitrogens is 1. The smallest absolute Gasteiger partial charge is 0.417 e. The van der Waals surface area contributed by atoms with Crippen LogP contribution < -0.4 is 9.64 Å². The number of piperidine rings is 1. The maximum atomic E-state index is 13.0. The van der Waals surface area contributed by atoms with Crippen molar-refractivity contribution in [2.75, 3.05) is 24.6 Å². The number of alkyl halides is 6. The predicted octanol–water partition coefficient (Wildman–Crippen LogP) is 5.01. The first kappa shape index (κ1) is 22.2. The third kappa shape index (κ3) is 4.63. The summed E-state index contributed by atoms with van der Waals surface area (Å²) in [5.74, 6) is 0.304. The summed E-state index contributed by atoms with van der Waals surface area (Å²) in [5, 5.41) is 11.1. The number of benzene rings is 1. The van der Waals surface area contributed by atoms with Crippen LogP contribution in [0.1, 0.15) is 36.5 Å². The molecule has 10 heteroatoms. The first-order valence-corrected chi connectivity index (χ1v) is 9.29. The quantitative estimate of drug-likeness (QED) is 0.688. The Morgan fingerprint density at radius 3 is 2.10 bits per heavy atom. The lowest BCUT2D eigenvalue weighted by molar-refractivity contribution is -0.138. The van der Waals surface area contributed by atoms with Crippen molar-refractivity contribution in [1.29, 1.82) is 0 Å². The molecule has 1 N–H and O–H groups in total. The third-order valence-electron chi connectivity index (χ3n) is 5.10. The normalized spacial score (nSPS) is 17.1. The van der Waals surface area contributed by atoms with Gasteiger partial charge in [-0.1, -0.05) is 6.07 Å².